The number of aliphatic hydroxyl groups excluding tert-OH is 19. The highest BCUT2D eigenvalue weighted by Crippen LogP contribution is 2.42. The van der Waals surface area contributed by atoms with Crippen molar-refractivity contribution < 1.29 is 164 Å². The van der Waals surface area contributed by atoms with Crippen LogP contribution < -0.4 is 10.6 Å². The van der Waals surface area contributed by atoms with E-state index < -0.39 is 247 Å². The van der Waals surface area contributed by atoms with Gasteiger partial charge in [-0.05, 0) is 12.8 Å². The lowest BCUT2D eigenvalue weighted by Crippen LogP contribution is -2.72. The summed E-state index contributed by atoms with van der Waals surface area (Å²) in [7, 11) is 0.794. The highest BCUT2D eigenvalue weighted by molar-refractivity contribution is 5.81. The molecule has 652 valence electrons. The maximum Gasteiger partial charge on any atom is 0.366 e. The average molecular weight is 1610 g/mol. The van der Waals surface area contributed by atoms with Crippen molar-refractivity contribution >= 4 is 17.8 Å². The maximum absolute atomic E-state index is 14.5. The molecule has 5 aliphatic heterocycles. The van der Waals surface area contributed by atoms with E-state index >= 15 is 0 Å². The van der Waals surface area contributed by atoms with Gasteiger partial charge in [0.05, 0.1) is 71.0 Å². The lowest BCUT2D eigenvalue weighted by Gasteiger charge is -2.52. The smallest absolute Gasteiger partial charge is 0.366 e. The first-order valence-corrected chi connectivity index (χ1v) is 41.0. The third kappa shape index (κ3) is 30.5. The van der Waals surface area contributed by atoms with Crippen LogP contribution in [0.1, 0.15) is 233 Å². The first-order valence-electron chi connectivity index (χ1n) is 41.0. The van der Waals surface area contributed by atoms with Crippen LogP contribution in [-0.2, 0) is 66.5 Å². The van der Waals surface area contributed by atoms with E-state index in [4.69, 9.17) is 52.1 Å². The van der Waals surface area contributed by atoms with E-state index in [9.17, 15) is 111 Å². The van der Waals surface area contributed by atoms with Crippen LogP contribution in [-0.4, -0.2) is 345 Å². The van der Waals surface area contributed by atoms with E-state index in [2.05, 4.69) is 24.5 Å². The summed E-state index contributed by atoms with van der Waals surface area (Å²) >= 11 is 0. The van der Waals surface area contributed by atoms with Crippen LogP contribution in [0.15, 0.2) is 0 Å². The van der Waals surface area contributed by atoms with Crippen molar-refractivity contribution in [1.82, 2.24) is 10.6 Å². The van der Waals surface area contributed by atoms with E-state index in [0.717, 1.165) is 91.1 Å². The van der Waals surface area contributed by atoms with Crippen molar-refractivity contribution in [3.63, 3.8) is 0 Å². The Hall–Kier alpha value is -2.75. The van der Waals surface area contributed by atoms with Gasteiger partial charge in [-0.25, -0.2) is 4.79 Å². The number of methoxy groups -OCH3 is 1. The van der Waals surface area contributed by atoms with E-state index in [-0.39, 0.29) is 12.8 Å². The fourth-order valence-electron chi connectivity index (χ4n) is 15.1. The summed E-state index contributed by atoms with van der Waals surface area (Å²) in [4.78, 5) is 41.2. The van der Waals surface area contributed by atoms with E-state index in [1.165, 1.54) is 103 Å². The minimum atomic E-state index is -3.20. The second kappa shape index (κ2) is 52.9. The molecular formula is C76H140N2O33. The summed E-state index contributed by atoms with van der Waals surface area (Å²) in [6, 6.07) is -3.31. The van der Waals surface area contributed by atoms with Crippen molar-refractivity contribution in [3.05, 3.63) is 0 Å². The minimum absolute atomic E-state index is 0.0928. The molecule has 5 heterocycles. The first kappa shape index (κ1) is 98.8. The Morgan fingerprint density at radius 1 is 0.459 bits per heavy atom. The third-order valence-corrected chi connectivity index (χ3v) is 21.9. The van der Waals surface area contributed by atoms with Crippen LogP contribution in [0.4, 0.5) is 0 Å². The number of amides is 2. The molecule has 0 saturated carbocycles. The Kier molecular flexibility index (Phi) is 47.1. The second-order valence-electron chi connectivity index (χ2n) is 30.8. The Balaban J connectivity index is 1.29. The zero-order valence-electron chi connectivity index (χ0n) is 65.5. The summed E-state index contributed by atoms with van der Waals surface area (Å²) in [6.45, 7) is -0.764. The molecule has 0 aromatic carbocycles. The normalized spacial score (nSPS) is 33.9. The molecule has 5 aliphatic rings. The number of esters is 1. The Bertz CT molecular complexity index is 2490. The molecule has 0 aliphatic carbocycles. The topological polar surface area (TPSA) is 561 Å². The number of carbonyl (C=O) groups is 3. The van der Waals surface area contributed by atoms with Crippen molar-refractivity contribution in [2.24, 2.45) is 0 Å². The van der Waals surface area contributed by atoms with Crippen LogP contribution in [0.25, 0.3) is 0 Å². The summed E-state index contributed by atoms with van der Waals surface area (Å²) in [5, 5.41) is 216. The zero-order chi connectivity index (χ0) is 81.7. The molecule has 21 N–H and O–H groups in total. The van der Waals surface area contributed by atoms with Gasteiger partial charge in [0.2, 0.25) is 11.8 Å². The predicted molar refractivity (Wildman–Crippen MR) is 392 cm³/mol. The first-order chi connectivity index (χ1) is 53.2. The summed E-state index contributed by atoms with van der Waals surface area (Å²) in [6.07, 6.45) is -21.3. The van der Waals surface area contributed by atoms with E-state index in [1.54, 1.807) is 0 Å². The molecular weight excluding hydrogens is 1470 g/mol. The van der Waals surface area contributed by atoms with Crippen LogP contribution in [0.3, 0.4) is 0 Å². The molecule has 0 aromatic heterocycles. The average Bonchev–Trinajstić information content (AvgIpc) is 1.31. The molecule has 5 rings (SSSR count). The zero-order valence-corrected chi connectivity index (χ0v) is 65.5. The predicted octanol–water partition coefficient (Wildman–Crippen LogP) is -1.37. The molecule has 30 atom stereocenters. The maximum atomic E-state index is 14.5. The van der Waals surface area contributed by atoms with Gasteiger partial charge in [0.25, 0.3) is 5.79 Å². The number of aliphatic hydroxyl groups is 19. The minimum Gasteiger partial charge on any atom is -0.465 e. The Morgan fingerprint density at radius 3 is 1.36 bits per heavy atom. The molecule has 111 heavy (non-hydrogen) atoms. The third-order valence-electron chi connectivity index (χ3n) is 21.9. The number of hydrogen-bond donors (Lipinski definition) is 21. The van der Waals surface area contributed by atoms with Crippen molar-refractivity contribution in [2.75, 3.05) is 46.8 Å². The molecule has 0 aromatic rings. The van der Waals surface area contributed by atoms with Gasteiger partial charge < -0.3 is 160 Å². The summed E-state index contributed by atoms with van der Waals surface area (Å²) in [5.74, 6) is -6.60. The van der Waals surface area contributed by atoms with Crippen LogP contribution in [0.2, 0.25) is 0 Å². The summed E-state index contributed by atoms with van der Waals surface area (Å²) in [5.41, 5.74) is 0. The van der Waals surface area contributed by atoms with Gasteiger partial charge in [0.1, 0.15) is 128 Å². The van der Waals surface area contributed by atoms with Crippen LogP contribution in [0.5, 0.6) is 0 Å². The fraction of sp³-hybridized carbons (Fsp3) is 0.961. The van der Waals surface area contributed by atoms with Gasteiger partial charge in [0, 0.05) is 13.3 Å². The lowest BCUT2D eigenvalue weighted by molar-refractivity contribution is -0.393. The standard InChI is InChI=1S/C76H140N2O33/c1-5-7-9-11-13-15-17-18-19-20-21-22-23-24-25-26-28-30-32-34-36-47(86)70(99)78-45(55(89)46(85)35-33-31-29-27-16-14-12-10-8-6-2)43-102-71-61(95)60(94)66(53(42-83)106-71)108-74-64(98)69(58(92)52(41-82)105-74)111-76(75(100)101-4)37-50(54(77-44(3)84)67(110-76)56(90)48(87)38-79)103-73-63(97)68(57(91)51(40-81)104-73)109-72-62(96)59(93)65(107-72)49(88)39-80/h45-69,71-74,79-83,85-98H,5-43H2,1-4H3,(H,77,84)(H,78,99)/t45-,46+,47+,48+,49+,50-,51+,52+,53+,54+,55-,56+,57-,58-,59+,60+,61+,62+,63+,64+,65-,66+,67+,68-,69-,71+,72+,73-,74-,76-/m0/s1. The number of ether oxygens (including phenoxy) is 11. The quantitative estimate of drug-likeness (QED) is 0.0247. The molecule has 0 bridgehead atoms. The highest BCUT2D eigenvalue weighted by atomic mass is 16.8. The molecule has 0 spiro atoms. The van der Waals surface area contributed by atoms with Crippen molar-refractivity contribution in [3.8, 4) is 0 Å². The van der Waals surface area contributed by atoms with Crippen LogP contribution in [0, 0.1) is 0 Å². The number of unbranched alkanes of at least 4 members (excludes halogenated alkanes) is 28. The molecule has 0 unspecified atom stereocenters. The Morgan fingerprint density at radius 2 is 0.892 bits per heavy atom. The highest BCUT2D eigenvalue weighted by Gasteiger charge is 2.63. The van der Waals surface area contributed by atoms with Gasteiger partial charge in [-0.3, -0.25) is 9.59 Å². The number of hydrogen-bond acceptors (Lipinski definition) is 33. The van der Waals surface area contributed by atoms with E-state index in [0.29, 0.717) is 12.8 Å². The van der Waals surface area contributed by atoms with E-state index in [1.807, 2.05) is 0 Å². The molecule has 2 amide bonds. The van der Waals surface area contributed by atoms with Crippen LogP contribution >= 0.6 is 0 Å². The van der Waals surface area contributed by atoms with Gasteiger partial charge in [-0.2, -0.15) is 0 Å². The van der Waals surface area contributed by atoms with Gasteiger partial charge in [-0.1, -0.05) is 206 Å². The largest absolute Gasteiger partial charge is 0.465 e. The number of nitrogens with one attached hydrogen (secondary N) is 2. The summed E-state index contributed by atoms with van der Waals surface area (Å²) < 4.78 is 64.2. The second-order valence-corrected chi connectivity index (χ2v) is 30.8. The molecule has 35 heteroatoms. The fourth-order valence-corrected chi connectivity index (χ4v) is 15.1. The Labute approximate surface area is 652 Å². The molecule has 35 nitrogen and oxygen atoms in total. The monoisotopic (exact) mass is 1610 g/mol. The lowest BCUT2D eigenvalue weighted by atomic mass is 9.87. The SMILES string of the molecule is CCCCCCCCCCCCCCCCCCCCCC[C@@H](O)C(=O)N[C@@H](CO[C@@H]1O[C@H](CO)[C@@H](O[C@@H]2O[C@H](CO)[C@H](O)[C@H](O[C@]3(C(=O)OC)C[C@H](O[C@H]4O[C@H](CO)[C@H](O)[C@H](O[C@H]5O[C@@H]([C@H](O)CO)[C@H](O)[C@H]5O)[C@H]4O)[C@@H](NC(C)=O)[C@H]([C@H](O)[C@H](O)CO)O3)[C@H]2O)[C@H](O)[C@H]1O)[C@H](O)[C@H](O)CCCCCCCCCCCC. The van der Waals surface area contributed by atoms with Gasteiger partial charge >= 0.3 is 5.97 Å². The molecule has 5 saturated heterocycles. The number of rotatable bonds is 57. The number of carbonyl (C=O) groups excluding carboxylic acids is 3. The van der Waals surface area contributed by atoms with Gasteiger partial charge in [0.15, 0.2) is 25.2 Å². The van der Waals surface area contributed by atoms with Crippen molar-refractivity contribution in [2.45, 2.75) is 416 Å². The molecule has 5 fully saturated rings. The van der Waals surface area contributed by atoms with Crippen molar-refractivity contribution in [1.29, 1.82) is 0 Å². The molecule has 0 radical (unpaired) electrons. The van der Waals surface area contributed by atoms with Gasteiger partial charge in [-0.15, -0.1) is 0 Å².